The van der Waals surface area contributed by atoms with Crippen molar-refractivity contribution in [1.82, 2.24) is 5.32 Å². The van der Waals surface area contributed by atoms with Crippen molar-refractivity contribution in [2.45, 2.75) is 26.3 Å². The smallest absolute Gasteiger partial charge is 0.319 e. The number of fused-ring (bicyclic) bond motifs is 1. The van der Waals surface area contributed by atoms with Gasteiger partial charge < -0.3 is 20.3 Å². The molecule has 28 heavy (non-hydrogen) atoms. The van der Waals surface area contributed by atoms with Crippen LogP contribution in [0.4, 0.5) is 16.2 Å². The molecule has 2 aromatic carbocycles. The van der Waals surface area contributed by atoms with Gasteiger partial charge >= 0.3 is 12.0 Å². The van der Waals surface area contributed by atoms with E-state index in [1.165, 1.54) is 0 Å². The Balaban J connectivity index is 1.61. The van der Waals surface area contributed by atoms with Gasteiger partial charge in [0.2, 0.25) is 5.91 Å². The summed E-state index contributed by atoms with van der Waals surface area (Å²) in [6.45, 7) is 2.88. The Kier molecular flexibility index (Phi) is 6.26. The topological polar surface area (TPSA) is 87.7 Å². The SMILES string of the molecule is CCOC(=O)CC(=O)N1CCc2ccc(NC(=O)NCc3ccccc3)cc21. The van der Waals surface area contributed by atoms with E-state index < -0.39 is 5.97 Å². The molecule has 0 bridgehead atoms. The van der Waals surface area contributed by atoms with E-state index in [0.29, 0.717) is 25.2 Å². The summed E-state index contributed by atoms with van der Waals surface area (Å²) in [5.74, 6) is -0.835. The van der Waals surface area contributed by atoms with Crippen molar-refractivity contribution in [3.63, 3.8) is 0 Å². The van der Waals surface area contributed by atoms with Crippen molar-refractivity contribution in [3.05, 3.63) is 59.7 Å². The molecule has 7 heteroatoms. The molecule has 0 unspecified atom stereocenters. The molecule has 0 radical (unpaired) electrons. The predicted molar refractivity (Wildman–Crippen MR) is 106 cm³/mol. The number of hydrogen-bond donors (Lipinski definition) is 2. The molecule has 1 aliphatic heterocycles. The average Bonchev–Trinajstić information content (AvgIpc) is 3.11. The number of rotatable bonds is 6. The van der Waals surface area contributed by atoms with E-state index in [9.17, 15) is 14.4 Å². The van der Waals surface area contributed by atoms with Crippen LogP contribution in [-0.2, 0) is 27.3 Å². The molecule has 0 spiro atoms. The van der Waals surface area contributed by atoms with Crippen molar-refractivity contribution < 1.29 is 19.1 Å². The summed E-state index contributed by atoms with van der Waals surface area (Å²) in [7, 11) is 0. The highest BCUT2D eigenvalue weighted by Gasteiger charge is 2.26. The molecule has 2 N–H and O–H groups in total. The maximum atomic E-state index is 12.4. The van der Waals surface area contributed by atoms with Gasteiger partial charge in [-0.15, -0.1) is 0 Å². The standard InChI is InChI=1S/C21H23N3O4/c1-2-28-20(26)13-19(25)24-11-10-16-8-9-17(12-18(16)24)23-21(27)22-14-15-6-4-3-5-7-15/h3-9,12H,2,10-11,13-14H2,1H3,(H2,22,23,27). The number of nitrogens with one attached hydrogen (secondary N) is 2. The second-order valence-corrected chi connectivity index (χ2v) is 6.41. The summed E-state index contributed by atoms with van der Waals surface area (Å²) in [5, 5.41) is 5.58. The summed E-state index contributed by atoms with van der Waals surface area (Å²) in [4.78, 5) is 37.7. The van der Waals surface area contributed by atoms with Gasteiger partial charge in [0.1, 0.15) is 6.42 Å². The Bertz CT molecular complexity index is 867. The molecule has 3 rings (SSSR count). The fraction of sp³-hybridized carbons (Fsp3) is 0.286. The second kappa shape index (κ2) is 9.03. The molecule has 0 saturated carbocycles. The molecule has 1 aliphatic rings. The number of amides is 3. The van der Waals surface area contributed by atoms with Gasteiger partial charge in [-0.2, -0.15) is 0 Å². The third-order valence-corrected chi connectivity index (χ3v) is 4.44. The molecule has 0 fully saturated rings. The molecule has 0 saturated heterocycles. The van der Waals surface area contributed by atoms with Crippen LogP contribution >= 0.6 is 0 Å². The zero-order valence-corrected chi connectivity index (χ0v) is 15.7. The van der Waals surface area contributed by atoms with Gasteiger partial charge in [0.25, 0.3) is 0 Å². The molecular weight excluding hydrogens is 358 g/mol. The van der Waals surface area contributed by atoms with Crippen LogP contribution in [0.15, 0.2) is 48.5 Å². The van der Waals surface area contributed by atoms with E-state index >= 15 is 0 Å². The Morgan fingerprint density at radius 2 is 1.89 bits per heavy atom. The summed E-state index contributed by atoms with van der Waals surface area (Å²) in [5.41, 5.74) is 3.31. The zero-order chi connectivity index (χ0) is 19.9. The fourth-order valence-electron chi connectivity index (χ4n) is 3.10. The number of urea groups is 1. The first-order chi connectivity index (χ1) is 13.6. The van der Waals surface area contributed by atoms with Gasteiger partial charge in [-0.1, -0.05) is 36.4 Å². The van der Waals surface area contributed by atoms with Crippen molar-refractivity contribution in [1.29, 1.82) is 0 Å². The van der Waals surface area contributed by atoms with Crippen LogP contribution < -0.4 is 15.5 Å². The minimum absolute atomic E-state index is 0.245. The third-order valence-electron chi connectivity index (χ3n) is 4.44. The van der Waals surface area contributed by atoms with Crippen LogP contribution in [0.1, 0.15) is 24.5 Å². The zero-order valence-electron chi connectivity index (χ0n) is 15.7. The lowest BCUT2D eigenvalue weighted by Gasteiger charge is -2.18. The van der Waals surface area contributed by atoms with E-state index in [1.807, 2.05) is 36.4 Å². The molecule has 0 aromatic heterocycles. The number of nitrogens with zero attached hydrogens (tertiary/aromatic N) is 1. The normalized spacial score (nSPS) is 12.2. The van der Waals surface area contributed by atoms with E-state index in [1.54, 1.807) is 24.0 Å². The molecule has 146 valence electrons. The molecule has 1 heterocycles. The number of benzene rings is 2. The van der Waals surface area contributed by atoms with Gasteiger partial charge in [-0.25, -0.2) is 4.79 Å². The molecule has 2 aromatic rings. The fourth-order valence-corrected chi connectivity index (χ4v) is 3.10. The van der Waals surface area contributed by atoms with Crippen LogP contribution in [-0.4, -0.2) is 31.1 Å². The number of carbonyl (C=O) groups is 3. The number of anilines is 2. The van der Waals surface area contributed by atoms with E-state index in [2.05, 4.69) is 10.6 Å². The number of carbonyl (C=O) groups excluding carboxylic acids is 3. The second-order valence-electron chi connectivity index (χ2n) is 6.41. The molecule has 3 amide bonds. The summed E-state index contributed by atoms with van der Waals surface area (Å²) in [6, 6.07) is 14.7. The van der Waals surface area contributed by atoms with Crippen LogP contribution in [0.5, 0.6) is 0 Å². The minimum Gasteiger partial charge on any atom is -0.466 e. The van der Waals surface area contributed by atoms with Crippen LogP contribution in [0.2, 0.25) is 0 Å². The lowest BCUT2D eigenvalue weighted by Crippen LogP contribution is -2.31. The highest BCUT2D eigenvalue weighted by Crippen LogP contribution is 2.31. The lowest BCUT2D eigenvalue weighted by atomic mass is 10.1. The Hall–Kier alpha value is -3.35. The van der Waals surface area contributed by atoms with Crippen molar-refractivity contribution in [2.24, 2.45) is 0 Å². The Morgan fingerprint density at radius 1 is 1.11 bits per heavy atom. The number of hydrogen-bond acceptors (Lipinski definition) is 4. The van der Waals surface area contributed by atoms with Crippen molar-refractivity contribution in [2.75, 3.05) is 23.4 Å². The van der Waals surface area contributed by atoms with Gasteiger partial charge in [0.15, 0.2) is 0 Å². The largest absolute Gasteiger partial charge is 0.466 e. The lowest BCUT2D eigenvalue weighted by molar-refractivity contribution is -0.145. The first-order valence-corrected chi connectivity index (χ1v) is 9.24. The highest BCUT2D eigenvalue weighted by molar-refractivity contribution is 6.05. The molecule has 7 nitrogen and oxygen atoms in total. The molecular formula is C21H23N3O4. The van der Waals surface area contributed by atoms with Crippen LogP contribution in [0.3, 0.4) is 0 Å². The van der Waals surface area contributed by atoms with Crippen LogP contribution in [0, 0.1) is 0 Å². The monoisotopic (exact) mass is 381 g/mol. The number of ether oxygens (including phenoxy) is 1. The van der Waals surface area contributed by atoms with Crippen molar-refractivity contribution >= 4 is 29.3 Å². The van der Waals surface area contributed by atoms with Crippen molar-refractivity contribution in [3.8, 4) is 0 Å². The third kappa shape index (κ3) is 4.88. The van der Waals surface area contributed by atoms with Crippen LogP contribution in [0.25, 0.3) is 0 Å². The molecule has 0 aliphatic carbocycles. The number of esters is 1. The Labute approximate surface area is 163 Å². The maximum absolute atomic E-state index is 12.4. The first-order valence-electron chi connectivity index (χ1n) is 9.24. The summed E-state index contributed by atoms with van der Waals surface area (Å²) < 4.78 is 4.85. The summed E-state index contributed by atoms with van der Waals surface area (Å²) in [6.07, 6.45) is 0.423. The van der Waals surface area contributed by atoms with E-state index in [0.717, 1.165) is 16.8 Å². The van der Waals surface area contributed by atoms with E-state index in [-0.39, 0.29) is 25.0 Å². The Morgan fingerprint density at radius 3 is 2.64 bits per heavy atom. The average molecular weight is 381 g/mol. The highest BCUT2D eigenvalue weighted by atomic mass is 16.5. The van der Waals surface area contributed by atoms with Gasteiger partial charge in [-0.05, 0) is 36.6 Å². The molecule has 0 atom stereocenters. The van der Waals surface area contributed by atoms with E-state index in [4.69, 9.17) is 4.74 Å². The summed E-state index contributed by atoms with van der Waals surface area (Å²) >= 11 is 0. The first kappa shape index (κ1) is 19.4. The van der Waals surface area contributed by atoms with Gasteiger partial charge in [-0.3, -0.25) is 9.59 Å². The van der Waals surface area contributed by atoms with Gasteiger partial charge in [0, 0.05) is 24.5 Å². The quantitative estimate of drug-likeness (QED) is 0.595. The minimum atomic E-state index is -0.532. The maximum Gasteiger partial charge on any atom is 0.319 e. The van der Waals surface area contributed by atoms with Gasteiger partial charge in [0.05, 0.1) is 6.61 Å². The predicted octanol–water partition coefficient (Wildman–Crippen LogP) is 2.85.